The van der Waals surface area contributed by atoms with Crippen LogP contribution in [0.5, 0.6) is 5.88 Å². The number of carbonyl (C=O) groups is 1. The van der Waals surface area contributed by atoms with E-state index in [0.717, 1.165) is 17.7 Å². The van der Waals surface area contributed by atoms with E-state index in [1.807, 2.05) is 24.3 Å². The zero-order chi connectivity index (χ0) is 14.4. The third-order valence-electron chi connectivity index (χ3n) is 2.89. The van der Waals surface area contributed by atoms with Crippen molar-refractivity contribution in [1.29, 1.82) is 0 Å². The number of benzene rings is 1. The van der Waals surface area contributed by atoms with Gasteiger partial charge in [-0.25, -0.2) is 4.98 Å². The van der Waals surface area contributed by atoms with E-state index in [2.05, 4.69) is 10.3 Å². The van der Waals surface area contributed by atoms with Crippen LogP contribution in [0.4, 0.5) is 5.69 Å². The van der Waals surface area contributed by atoms with Crippen molar-refractivity contribution in [3.05, 3.63) is 53.7 Å². The van der Waals surface area contributed by atoms with Crippen molar-refractivity contribution in [2.75, 3.05) is 19.4 Å². The number of methoxy groups -OCH3 is 1. The lowest BCUT2D eigenvalue weighted by Gasteiger charge is -2.08. The number of pyridine rings is 1. The molecule has 104 valence electrons. The number of amides is 1. The summed E-state index contributed by atoms with van der Waals surface area (Å²) < 4.78 is 5.06. The molecule has 0 aliphatic rings. The van der Waals surface area contributed by atoms with Crippen LogP contribution in [0, 0.1) is 0 Å². The molecule has 0 unspecified atom stereocenters. The molecule has 20 heavy (non-hydrogen) atoms. The first-order valence-electron chi connectivity index (χ1n) is 6.32. The third-order valence-corrected chi connectivity index (χ3v) is 2.89. The number of rotatable bonds is 5. The van der Waals surface area contributed by atoms with E-state index in [4.69, 9.17) is 10.5 Å². The molecule has 0 saturated heterocycles. The monoisotopic (exact) mass is 271 g/mol. The lowest BCUT2D eigenvalue weighted by atomic mass is 10.1. The molecule has 1 aromatic heterocycles. The third kappa shape index (κ3) is 3.47. The molecule has 2 aromatic rings. The molecule has 2 rings (SSSR count). The fourth-order valence-electron chi connectivity index (χ4n) is 1.83. The van der Waals surface area contributed by atoms with Gasteiger partial charge in [-0.15, -0.1) is 0 Å². The first-order chi connectivity index (χ1) is 9.70. The molecular formula is C15H17N3O2. The Kier molecular flexibility index (Phi) is 4.55. The van der Waals surface area contributed by atoms with Gasteiger partial charge in [0.2, 0.25) is 5.88 Å². The van der Waals surface area contributed by atoms with E-state index < -0.39 is 0 Å². The van der Waals surface area contributed by atoms with Crippen molar-refractivity contribution >= 4 is 11.6 Å². The van der Waals surface area contributed by atoms with Gasteiger partial charge in [-0.1, -0.05) is 12.1 Å². The van der Waals surface area contributed by atoms with Crippen LogP contribution in [0.1, 0.15) is 15.9 Å². The molecule has 1 amide bonds. The quantitative estimate of drug-likeness (QED) is 0.810. The number of anilines is 1. The van der Waals surface area contributed by atoms with Crippen LogP contribution in [0.25, 0.3) is 0 Å². The van der Waals surface area contributed by atoms with Crippen LogP contribution in [-0.4, -0.2) is 24.5 Å². The number of nitrogens with two attached hydrogens (primary N) is 1. The van der Waals surface area contributed by atoms with Crippen molar-refractivity contribution in [2.24, 2.45) is 0 Å². The van der Waals surface area contributed by atoms with Gasteiger partial charge >= 0.3 is 0 Å². The lowest BCUT2D eigenvalue weighted by Crippen LogP contribution is -2.26. The number of carbonyl (C=O) groups excluding carboxylic acids is 1. The molecule has 1 heterocycles. The van der Waals surface area contributed by atoms with Gasteiger partial charge in [0.05, 0.1) is 7.11 Å². The van der Waals surface area contributed by atoms with E-state index in [1.54, 1.807) is 18.3 Å². The summed E-state index contributed by atoms with van der Waals surface area (Å²) in [5, 5.41) is 2.85. The van der Waals surface area contributed by atoms with E-state index in [9.17, 15) is 4.79 Å². The van der Waals surface area contributed by atoms with Crippen LogP contribution < -0.4 is 15.8 Å². The molecule has 0 radical (unpaired) electrons. The predicted molar refractivity (Wildman–Crippen MR) is 77.7 cm³/mol. The largest absolute Gasteiger partial charge is 0.480 e. The molecule has 0 spiro atoms. The highest BCUT2D eigenvalue weighted by atomic mass is 16.5. The average molecular weight is 271 g/mol. The van der Waals surface area contributed by atoms with Crippen molar-refractivity contribution in [1.82, 2.24) is 10.3 Å². The molecule has 0 bridgehead atoms. The molecule has 0 fully saturated rings. The number of hydrogen-bond donors (Lipinski definition) is 2. The molecule has 0 aliphatic carbocycles. The predicted octanol–water partition coefficient (Wildman–Crippen LogP) is 1.64. The molecule has 5 nitrogen and oxygen atoms in total. The standard InChI is InChI=1S/C15H17N3O2/c1-20-15-13(3-2-9-18-15)14(19)17-10-8-11-4-6-12(16)7-5-11/h2-7,9H,8,10,16H2,1H3,(H,17,19). The molecule has 3 N–H and O–H groups in total. The Hall–Kier alpha value is -2.56. The Balaban J connectivity index is 1.90. The summed E-state index contributed by atoms with van der Waals surface area (Å²) in [6.45, 7) is 0.542. The average Bonchev–Trinajstić information content (AvgIpc) is 2.49. The van der Waals surface area contributed by atoms with Gasteiger partial charge in [0.25, 0.3) is 5.91 Å². The highest BCUT2D eigenvalue weighted by molar-refractivity contribution is 5.96. The number of nitrogen functional groups attached to an aromatic ring is 1. The molecule has 5 heteroatoms. The van der Waals surface area contributed by atoms with Crippen LogP contribution in [0.15, 0.2) is 42.6 Å². The normalized spacial score (nSPS) is 10.1. The maximum Gasteiger partial charge on any atom is 0.256 e. The summed E-state index contributed by atoms with van der Waals surface area (Å²) in [5.74, 6) is 0.142. The smallest absolute Gasteiger partial charge is 0.256 e. The van der Waals surface area contributed by atoms with Gasteiger partial charge in [0.15, 0.2) is 0 Å². The maximum absolute atomic E-state index is 12.0. The summed E-state index contributed by atoms with van der Waals surface area (Å²) in [6, 6.07) is 11.0. The first-order valence-corrected chi connectivity index (χ1v) is 6.32. The second kappa shape index (κ2) is 6.56. The highest BCUT2D eigenvalue weighted by Gasteiger charge is 2.11. The fraction of sp³-hybridized carbons (Fsp3) is 0.200. The fourth-order valence-corrected chi connectivity index (χ4v) is 1.83. The number of nitrogens with zero attached hydrogens (tertiary/aromatic N) is 1. The topological polar surface area (TPSA) is 77.2 Å². The van der Waals surface area contributed by atoms with Crippen LogP contribution >= 0.6 is 0 Å². The van der Waals surface area contributed by atoms with Crippen molar-refractivity contribution < 1.29 is 9.53 Å². The van der Waals surface area contributed by atoms with Crippen molar-refractivity contribution in [3.63, 3.8) is 0 Å². The minimum absolute atomic E-state index is 0.189. The second-order valence-corrected chi connectivity index (χ2v) is 4.31. The van der Waals surface area contributed by atoms with E-state index in [0.29, 0.717) is 18.0 Å². The van der Waals surface area contributed by atoms with Gasteiger partial charge in [-0.3, -0.25) is 4.79 Å². The number of ether oxygens (including phenoxy) is 1. The first kappa shape index (κ1) is 13.9. The molecule has 1 aromatic carbocycles. The highest BCUT2D eigenvalue weighted by Crippen LogP contribution is 2.13. The number of aromatic nitrogens is 1. The summed E-state index contributed by atoms with van der Waals surface area (Å²) >= 11 is 0. The Bertz CT molecular complexity index is 582. The van der Waals surface area contributed by atoms with Crippen molar-refractivity contribution in [3.8, 4) is 5.88 Å². The minimum atomic E-state index is -0.189. The molecule has 0 atom stereocenters. The minimum Gasteiger partial charge on any atom is -0.480 e. The Morgan fingerprint density at radius 1 is 1.30 bits per heavy atom. The summed E-state index contributed by atoms with van der Waals surface area (Å²) in [6.07, 6.45) is 2.33. The SMILES string of the molecule is COc1ncccc1C(=O)NCCc1ccc(N)cc1. The summed E-state index contributed by atoms with van der Waals surface area (Å²) in [7, 11) is 1.49. The van der Waals surface area contributed by atoms with Crippen LogP contribution in [0.3, 0.4) is 0 Å². The van der Waals surface area contributed by atoms with Gasteiger partial charge < -0.3 is 15.8 Å². The molecular weight excluding hydrogens is 254 g/mol. The lowest BCUT2D eigenvalue weighted by molar-refractivity contribution is 0.0950. The molecule has 0 aliphatic heterocycles. The zero-order valence-corrected chi connectivity index (χ0v) is 11.3. The van der Waals surface area contributed by atoms with E-state index in [-0.39, 0.29) is 5.91 Å². The van der Waals surface area contributed by atoms with Crippen LogP contribution in [0.2, 0.25) is 0 Å². The second-order valence-electron chi connectivity index (χ2n) is 4.31. The Labute approximate surface area is 117 Å². The van der Waals surface area contributed by atoms with Crippen LogP contribution in [-0.2, 0) is 6.42 Å². The summed E-state index contributed by atoms with van der Waals surface area (Å²) in [4.78, 5) is 16.0. The summed E-state index contributed by atoms with van der Waals surface area (Å²) in [5.41, 5.74) is 7.92. The van der Waals surface area contributed by atoms with Gasteiger partial charge in [0.1, 0.15) is 5.56 Å². The Morgan fingerprint density at radius 3 is 2.75 bits per heavy atom. The van der Waals surface area contributed by atoms with E-state index >= 15 is 0 Å². The number of nitrogens with one attached hydrogen (secondary N) is 1. The Morgan fingerprint density at radius 2 is 2.05 bits per heavy atom. The van der Waals surface area contributed by atoms with Crippen molar-refractivity contribution in [2.45, 2.75) is 6.42 Å². The van der Waals surface area contributed by atoms with Gasteiger partial charge in [0, 0.05) is 18.4 Å². The number of hydrogen-bond acceptors (Lipinski definition) is 4. The van der Waals surface area contributed by atoms with Gasteiger partial charge in [-0.05, 0) is 36.2 Å². The molecule has 0 saturated carbocycles. The van der Waals surface area contributed by atoms with E-state index in [1.165, 1.54) is 7.11 Å². The zero-order valence-electron chi connectivity index (χ0n) is 11.3. The maximum atomic E-state index is 12.0. The van der Waals surface area contributed by atoms with Gasteiger partial charge in [-0.2, -0.15) is 0 Å².